The maximum Gasteiger partial charge on any atom is 0.416 e. The number of hydrogen-bond acceptors (Lipinski definition) is 4. The van der Waals surface area contributed by atoms with Crippen molar-refractivity contribution in [1.29, 1.82) is 0 Å². The minimum atomic E-state index is -4.57. The summed E-state index contributed by atoms with van der Waals surface area (Å²) in [6, 6.07) is 17.0. The SMILES string of the molecule is COC(=O)N1CCN(C2Cc3ccc(NC(=O)c4cc(C(F)(F)F)cc(C)c4-c4ccccc4)cc3C2)CC1. The van der Waals surface area contributed by atoms with Crippen LogP contribution in [0.1, 0.15) is 32.6 Å². The Balaban J connectivity index is 1.35. The lowest BCUT2D eigenvalue weighted by Gasteiger charge is -2.37. The van der Waals surface area contributed by atoms with Crippen LogP contribution in [0.15, 0.2) is 60.7 Å². The molecule has 3 aromatic rings. The molecule has 5 rings (SSSR count). The number of fused-ring (bicyclic) bond motifs is 1. The standard InChI is InChI=1S/C30H30F3N3O3/c1-19-14-23(30(31,32)33)18-26(27(19)20-6-4-3-5-7-20)28(37)34-24-9-8-21-16-25(17-22(21)15-24)35-10-12-36(13-11-35)29(38)39-2/h3-9,14-15,18,25H,10-13,16-17H2,1-2H3,(H,34,37). The second kappa shape index (κ2) is 10.7. The molecule has 0 spiro atoms. The summed E-state index contributed by atoms with van der Waals surface area (Å²) in [4.78, 5) is 29.3. The van der Waals surface area contributed by atoms with Crippen molar-refractivity contribution in [2.75, 3.05) is 38.6 Å². The topological polar surface area (TPSA) is 61.9 Å². The summed E-state index contributed by atoms with van der Waals surface area (Å²) in [5, 5.41) is 2.85. The van der Waals surface area contributed by atoms with Crippen molar-refractivity contribution in [2.45, 2.75) is 32.0 Å². The van der Waals surface area contributed by atoms with Gasteiger partial charge in [-0.1, -0.05) is 36.4 Å². The van der Waals surface area contributed by atoms with Crippen molar-refractivity contribution in [1.82, 2.24) is 9.80 Å². The van der Waals surface area contributed by atoms with Crippen LogP contribution in [0.25, 0.3) is 11.1 Å². The molecule has 0 aromatic heterocycles. The highest BCUT2D eigenvalue weighted by Crippen LogP contribution is 2.36. The third kappa shape index (κ3) is 5.63. The summed E-state index contributed by atoms with van der Waals surface area (Å²) in [6.07, 6.45) is -3.21. The number of rotatable bonds is 4. The smallest absolute Gasteiger partial charge is 0.416 e. The Morgan fingerprint density at radius 2 is 1.62 bits per heavy atom. The van der Waals surface area contributed by atoms with Gasteiger partial charge >= 0.3 is 12.3 Å². The molecule has 1 aliphatic carbocycles. The molecule has 2 amide bonds. The molecule has 2 aliphatic rings. The number of nitrogens with zero attached hydrogens (tertiary/aromatic N) is 2. The number of methoxy groups -OCH3 is 1. The number of piperazine rings is 1. The Labute approximate surface area is 225 Å². The van der Waals surface area contributed by atoms with E-state index in [0.29, 0.717) is 41.5 Å². The van der Waals surface area contributed by atoms with Gasteiger partial charge in [0.25, 0.3) is 5.91 Å². The van der Waals surface area contributed by atoms with Crippen LogP contribution in [0.5, 0.6) is 0 Å². The van der Waals surface area contributed by atoms with Gasteiger partial charge in [-0.05, 0) is 71.8 Å². The van der Waals surface area contributed by atoms with E-state index in [0.717, 1.165) is 43.6 Å². The van der Waals surface area contributed by atoms with Gasteiger partial charge in [0.05, 0.1) is 12.7 Å². The van der Waals surface area contributed by atoms with Crippen molar-refractivity contribution in [3.63, 3.8) is 0 Å². The van der Waals surface area contributed by atoms with E-state index in [4.69, 9.17) is 4.74 Å². The van der Waals surface area contributed by atoms with Gasteiger partial charge in [-0.2, -0.15) is 13.2 Å². The van der Waals surface area contributed by atoms with Gasteiger partial charge in [-0.25, -0.2) is 4.79 Å². The lowest BCUT2D eigenvalue weighted by molar-refractivity contribution is -0.137. The van der Waals surface area contributed by atoms with E-state index in [1.165, 1.54) is 12.7 Å². The number of amides is 2. The fourth-order valence-electron chi connectivity index (χ4n) is 5.65. The third-order valence-electron chi connectivity index (χ3n) is 7.61. The third-order valence-corrected chi connectivity index (χ3v) is 7.61. The maximum atomic E-state index is 13.6. The van der Waals surface area contributed by atoms with Crippen molar-refractivity contribution >= 4 is 17.7 Å². The average Bonchev–Trinajstić information content (AvgIpc) is 3.35. The van der Waals surface area contributed by atoms with E-state index in [2.05, 4.69) is 10.2 Å². The number of halogens is 3. The lowest BCUT2D eigenvalue weighted by atomic mass is 9.92. The van der Waals surface area contributed by atoms with Gasteiger partial charge in [-0.15, -0.1) is 0 Å². The summed E-state index contributed by atoms with van der Waals surface area (Å²) in [6.45, 7) is 4.33. The Kier molecular flexibility index (Phi) is 7.36. The molecule has 1 aliphatic heterocycles. The molecular formula is C30H30F3N3O3. The second-order valence-corrected chi connectivity index (χ2v) is 10.1. The number of aryl methyl sites for hydroxylation is 1. The van der Waals surface area contributed by atoms with Gasteiger partial charge in [0.2, 0.25) is 0 Å². The van der Waals surface area contributed by atoms with Crippen molar-refractivity contribution < 1.29 is 27.5 Å². The Morgan fingerprint density at radius 1 is 0.923 bits per heavy atom. The van der Waals surface area contributed by atoms with Crippen molar-refractivity contribution in [3.8, 4) is 11.1 Å². The highest BCUT2D eigenvalue weighted by molar-refractivity contribution is 6.09. The normalized spacial score (nSPS) is 17.6. The van der Waals surface area contributed by atoms with E-state index in [1.807, 2.05) is 18.2 Å². The van der Waals surface area contributed by atoms with Gasteiger partial charge < -0.3 is 15.0 Å². The fraction of sp³-hybridized carbons (Fsp3) is 0.333. The lowest BCUT2D eigenvalue weighted by Crippen LogP contribution is -2.52. The van der Waals surface area contributed by atoms with E-state index in [9.17, 15) is 22.8 Å². The minimum absolute atomic E-state index is 0.0182. The molecule has 0 radical (unpaired) electrons. The van der Waals surface area contributed by atoms with Crippen LogP contribution < -0.4 is 5.32 Å². The molecule has 1 saturated heterocycles. The molecule has 3 aromatic carbocycles. The second-order valence-electron chi connectivity index (χ2n) is 10.1. The van der Waals surface area contributed by atoms with E-state index in [-0.39, 0.29) is 11.7 Å². The summed E-state index contributed by atoms with van der Waals surface area (Å²) in [5.41, 5.74) is 3.51. The Hall–Kier alpha value is -3.85. The number of alkyl halides is 3. The van der Waals surface area contributed by atoms with Gasteiger partial charge in [-0.3, -0.25) is 9.69 Å². The largest absolute Gasteiger partial charge is 0.453 e. The number of hydrogen-bond donors (Lipinski definition) is 1. The number of anilines is 1. The average molecular weight is 538 g/mol. The predicted molar refractivity (Wildman–Crippen MR) is 143 cm³/mol. The van der Waals surface area contributed by atoms with Gasteiger partial charge in [0.1, 0.15) is 0 Å². The quantitative estimate of drug-likeness (QED) is 0.458. The first-order valence-corrected chi connectivity index (χ1v) is 12.9. The first-order valence-electron chi connectivity index (χ1n) is 12.9. The van der Waals surface area contributed by atoms with Crippen LogP contribution in [0.3, 0.4) is 0 Å². The van der Waals surface area contributed by atoms with Crippen LogP contribution in [0.2, 0.25) is 0 Å². The van der Waals surface area contributed by atoms with Gasteiger partial charge in [0.15, 0.2) is 0 Å². The molecule has 6 nitrogen and oxygen atoms in total. The van der Waals surface area contributed by atoms with Crippen LogP contribution in [-0.2, 0) is 23.8 Å². The predicted octanol–water partition coefficient (Wildman–Crippen LogP) is 5.78. The number of nitrogens with one attached hydrogen (secondary N) is 1. The number of carbonyl (C=O) groups excluding carboxylic acids is 2. The van der Waals surface area contributed by atoms with Crippen LogP contribution in [0, 0.1) is 6.92 Å². The molecule has 204 valence electrons. The Bertz CT molecular complexity index is 1380. The monoisotopic (exact) mass is 537 g/mol. The highest BCUT2D eigenvalue weighted by atomic mass is 19.4. The number of carbonyl (C=O) groups is 2. The van der Waals surface area contributed by atoms with E-state index >= 15 is 0 Å². The summed E-state index contributed by atoms with van der Waals surface area (Å²) < 4.78 is 45.7. The van der Waals surface area contributed by atoms with Crippen LogP contribution >= 0.6 is 0 Å². The fourth-order valence-corrected chi connectivity index (χ4v) is 5.65. The molecule has 39 heavy (non-hydrogen) atoms. The molecule has 1 atom stereocenters. The molecule has 1 heterocycles. The molecule has 0 bridgehead atoms. The molecule has 1 unspecified atom stereocenters. The first kappa shape index (κ1) is 26.7. The molecule has 1 N–H and O–H groups in total. The summed E-state index contributed by atoms with van der Waals surface area (Å²) in [5.74, 6) is -0.587. The zero-order valence-electron chi connectivity index (χ0n) is 21.8. The molecule has 1 fully saturated rings. The number of ether oxygens (including phenoxy) is 1. The molecule has 0 saturated carbocycles. The van der Waals surface area contributed by atoms with Crippen LogP contribution in [0.4, 0.5) is 23.7 Å². The number of benzene rings is 3. The summed E-state index contributed by atoms with van der Waals surface area (Å²) in [7, 11) is 1.38. The zero-order valence-corrected chi connectivity index (χ0v) is 21.8. The highest BCUT2D eigenvalue weighted by Gasteiger charge is 2.34. The van der Waals surface area contributed by atoms with Gasteiger partial charge in [0, 0.05) is 43.5 Å². The molecule has 9 heteroatoms. The summed E-state index contributed by atoms with van der Waals surface area (Å²) >= 11 is 0. The van der Waals surface area contributed by atoms with Crippen molar-refractivity contribution in [3.05, 3.63) is 88.5 Å². The first-order chi connectivity index (χ1) is 18.6. The minimum Gasteiger partial charge on any atom is -0.453 e. The van der Waals surface area contributed by atoms with E-state index in [1.54, 1.807) is 42.2 Å². The Morgan fingerprint density at radius 3 is 2.28 bits per heavy atom. The van der Waals surface area contributed by atoms with Crippen LogP contribution in [-0.4, -0.2) is 61.1 Å². The van der Waals surface area contributed by atoms with Crippen molar-refractivity contribution in [2.24, 2.45) is 0 Å². The molecular weight excluding hydrogens is 507 g/mol. The zero-order chi connectivity index (χ0) is 27.7. The van der Waals surface area contributed by atoms with E-state index < -0.39 is 17.6 Å². The maximum absolute atomic E-state index is 13.6.